The molecule has 764 valence electrons. The van der Waals surface area contributed by atoms with Gasteiger partial charge in [0.25, 0.3) is 0 Å². The van der Waals surface area contributed by atoms with Gasteiger partial charge in [-0.1, -0.05) is 36.8 Å². The van der Waals surface area contributed by atoms with E-state index in [1.165, 1.54) is 20.8 Å². The fourth-order valence-corrected chi connectivity index (χ4v) is 13.1. The molecule has 1 aromatic carbocycles. The summed E-state index contributed by atoms with van der Waals surface area (Å²) in [7, 11) is 0. The van der Waals surface area contributed by atoms with Crippen molar-refractivity contribution in [2.75, 3.05) is 178 Å². The first-order chi connectivity index (χ1) is 64.4. The van der Waals surface area contributed by atoms with Crippen LogP contribution in [0.4, 0.5) is 4.79 Å². The van der Waals surface area contributed by atoms with Crippen LogP contribution in [0.1, 0.15) is 127 Å². The summed E-state index contributed by atoms with van der Waals surface area (Å²) in [4.78, 5) is 212. The number of rotatable bonds is 67. The van der Waals surface area contributed by atoms with Crippen LogP contribution in [0.25, 0.3) is 0 Å². The number of ether oxygens (including phenoxy) is 25. The number of unbranched alkanes of at least 4 members (excludes halogenated alkanes) is 2. The van der Waals surface area contributed by atoms with Crippen molar-refractivity contribution >= 4 is 101 Å². The smallest absolute Gasteiger partial charge is 0.407 e. The number of alkyl carbamates (subject to hydrolysis) is 1. The molecule has 14 unspecified atom stereocenters. The van der Waals surface area contributed by atoms with E-state index in [-0.39, 0.29) is 164 Å². The molecule has 3 saturated heterocycles. The highest BCUT2D eigenvalue weighted by atomic mass is 16.7. The number of amides is 8. The molecule has 8 N–H and O–H groups in total. The molecule has 50 heteroatoms. The molecule has 0 bridgehead atoms. The predicted octanol–water partition coefficient (Wildman–Crippen LogP) is -2.42. The van der Waals surface area contributed by atoms with Crippen molar-refractivity contribution in [2.45, 2.75) is 226 Å². The Morgan fingerprint density at radius 2 is 0.637 bits per heavy atom. The summed E-state index contributed by atoms with van der Waals surface area (Å²) in [6.45, 7) is 9.97. The van der Waals surface area contributed by atoms with Crippen molar-refractivity contribution in [2.24, 2.45) is 0 Å². The Hall–Kier alpha value is -10.6. The number of benzene rings is 1. The zero-order valence-corrected chi connectivity index (χ0v) is 78.2. The monoisotopic (exact) mass is 1940 g/mol. The van der Waals surface area contributed by atoms with E-state index < -0.39 is 238 Å². The molecule has 3 aliphatic rings. The van der Waals surface area contributed by atoms with Crippen molar-refractivity contribution in [3.8, 4) is 0 Å². The van der Waals surface area contributed by atoms with E-state index >= 15 is 0 Å². The molecule has 1 aromatic rings. The van der Waals surface area contributed by atoms with E-state index in [9.17, 15) is 81.5 Å². The Morgan fingerprint density at radius 3 is 0.970 bits per heavy atom. The van der Waals surface area contributed by atoms with Crippen LogP contribution in [0.5, 0.6) is 0 Å². The molecule has 3 aliphatic heterocycles. The Balaban J connectivity index is 1.39. The second-order valence-electron chi connectivity index (χ2n) is 30.2. The van der Waals surface area contributed by atoms with Gasteiger partial charge in [0, 0.05) is 129 Å². The van der Waals surface area contributed by atoms with Crippen molar-refractivity contribution in [3.63, 3.8) is 0 Å². The third-order valence-corrected chi connectivity index (χ3v) is 18.6. The average Bonchev–Trinajstić information content (AvgIpc) is 0.794. The maximum Gasteiger partial charge on any atom is 0.407 e. The van der Waals surface area contributed by atoms with Gasteiger partial charge in [-0.3, -0.25) is 76.7 Å². The molecule has 0 saturated carbocycles. The van der Waals surface area contributed by atoms with Gasteiger partial charge >= 0.3 is 59.8 Å². The topological polar surface area (TPSA) is 617 Å². The number of carbonyl (C=O) groups excluding carboxylic acids is 17. The van der Waals surface area contributed by atoms with E-state index in [1.54, 1.807) is 12.1 Å². The second kappa shape index (κ2) is 66.8. The van der Waals surface area contributed by atoms with Crippen LogP contribution in [-0.2, 0) is 202 Å². The summed E-state index contributed by atoms with van der Waals surface area (Å²) in [5, 5.41) is 21.4. The van der Waals surface area contributed by atoms with E-state index in [0.717, 1.165) is 67.9 Å². The van der Waals surface area contributed by atoms with Crippen LogP contribution >= 0.6 is 0 Å². The number of nitrogens with one attached hydrogen (secondary N) is 8. The van der Waals surface area contributed by atoms with Gasteiger partial charge in [-0.15, -0.1) is 0 Å². The van der Waals surface area contributed by atoms with E-state index in [1.807, 2.05) is 18.2 Å². The van der Waals surface area contributed by atoms with Crippen molar-refractivity contribution in [1.29, 1.82) is 0 Å². The molecule has 135 heavy (non-hydrogen) atoms. The van der Waals surface area contributed by atoms with Crippen LogP contribution in [0.15, 0.2) is 30.3 Å². The van der Waals surface area contributed by atoms with Gasteiger partial charge in [-0.25, -0.2) is 4.79 Å². The predicted molar refractivity (Wildman–Crippen MR) is 455 cm³/mol. The molecular formula is C85H132N8O42. The Morgan fingerprint density at radius 1 is 0.311 bits per heavy atom. The van der Waals surface area contributed by atoms with Crippen molar-refractivity contribution in [3.05, 3.63) is 35.9 Å². The summed E-state index contributed by atoms with van der Waals surface area (Å²) < 4.78 is 141. The summed E-state index contributed by atoms with van der Waals surface area (Å²) in [5.41, 5.74) is -1.18. The zero-order chi connectivity index (χ0) is 99.5. The van der Waals surface area contributed by atoms with Crippen LogP contribution in [-0.4, -0.2) is 377 Å². The SMILES string of the molecule is CC(=O)NC1C(OCCOCCOCCNC(=O)CCOCC(COCCC(=O)NCCOCCOCCOC2OC(COC(C)=O)C(OC(C)=O)C(OC(C)=O)C2NC(C)=O)(NC(=O)CCCCCNC(=O)OCc2ccccc2)OCC(=O)NCCOCCOCCOC2OC(COC(C)=O)C(OC(C)=O)C(OC(C)=O)[C@@H]2NC(C)=O)OC(COC(C)=O)C(OC(C)=O)C1OC(C)=O. The minimum absolute atomic E-state index is 0.00821. The van der Waals surface area contributed by atoms with Gasteiger partial charge in [0.15, 0.2) is 61.2 Å². The normalized spacial score (nSPS) is 21.6. The lowest BCUT2D eigenvalue weighted by Gasteiger charge is -2.44. The lowest BCUT2D eigenvalue weighted by atomic mass is 9.96. The number of esters is 9. The molecule has 4 rings (SSSR count). The summed E-state index contributed by atoms with van der Waals surface area (Å²) in [6, 6.07) is 5.47. The fraction of sp³-hybridized carbons (Fsp3) is 0.729. The molecule has 0 aliphatic carbocycles. The Labute approximate surface area is 780 Å². The minimum Gasteiger partial charge on any atom is -0.463 e. The lowest BCUT2D eigenvalue weighted by molar-refractivity contribution is -0.279. The highest BCUT2D eigenvalue weighted by molar-refractivity contribution is 5.79. The van der Waals surface area contributed by atoms with Crippen LogP contribution < -0.4 is 42.5 Å². The van der Waals surface area contributed by atoms with E-state index in [2.05, 4.69) is 42.5 Å². The first kappa shape index (κ1) is 117. The quantitative estimate of drug-likeness (QED) is 0.0146. The Kier molecular flexibility index (Phi) is 57.7. The van der Waals surface area contributed by atoms with Crippen molar-refractivity contribution in [1.82, 2.24) is 42.5 Å². The van der Waals surface area contributed by atoms with Gasteiger partial charge in [0.05, 0.1) is 126 Å². The maximum absolute atomic E-state index is 14.0. The molecule has 8 amide bonds. The molecular weight excluding hydrogens is 1800 g/mol. The van der Waals surface area contributed by atoms with Gasteiger partial charge < -0.3 is 161 Å². The van der Waals surface area contributed by atoms with Crippen LogP contribution in [0, 0.1) is 0 Å². The second-order valence-corrected chi connectivity index (χ2v) is 30.2. The molecule has 0 radical (unpaired) electrons. The first-order valence-corrected chi connectivity index (χ1v) is 43.8. The Bertz CT molecular complexity index is 3700. The minimum atomic E-state index is -1.97. The summed E-state index contributed by atoms with van der Waals surface area (Å²) >= 11 is 0. The highest BCUT2D eigenvalue weighted by Crippen LogP contribution is 2.32. The third-order valence-electron chi connectivity index (χ3n) is 18.6. The van der Waals surface area contributed by atoms with Gasteiger partial charge in [0.2, 0.25) is 41.4 Å². The largest absolute Gasteiger partial charge is 0.463 e. The third kappa shape index (κ3) is 51.2. The fourth-order valence-electron chi connectivity index (χ4n) is 13.1. The molecule has 3 heterocycles. The molecule has 0 aromatic heterocycles. The van der Waals surface area contributed by atoms with Crippen LogP contribution in [0.3, 0.4) is 0 Å². The zero-order valence-electron chi connectivity index (χ0n) is 78.2. The standard InChI is InChI=1S/C85H132N8O42/c1-52(94)90-72-78(130-61(10)103)75(127-58(7)100)65(46-122-55(4)97)133-81(72)119-42-39-114-36-33-111-30-25-86-68(106)22-28-117-50-85(93-70(108)21-17-14-18-24-89-84(110)125-45-64-19-15-13-16-20-64,126-49-71(109)88-27-32-113-35-38-116-41-44-121-83-74(92-54(3)96)80(132-63(12)105)77(129-60(9)102)67(135-83)48-124-57(6)99)51-118-29-23-69(107)87-26-31-112-34-37-115-40-43-120-82-73(91-53(2)95)79(131-62(11)104)76(128-59(8)101)66(134-82)47-123-56(5)98/h13,15-16,19-20,65-67,72-83H,14,17-18,21-51H2,1-12H3,(H,86,106)(H,87,107)(H,88,109)(H,89,110)(H,90,94)(H,91,95)(H,92,96)(H,93,108)/t65?,66?,67?,72?,73?,74-,75?,76?,77?,78?,79?,80?,81?,82?,83?,85?/m0/s1. The summed E-state index contributed by atoms with van der Waals surface area (Å²) in [5.74, 6) is -10.7. The first-order valence-electron chi connectivity index (χ1n) is 43.8. The van der Waals surface area contributed by atoms with E-state index in [4.69, 9.17) is 118 Å². The molecule has 3 fully saturated rings. The van der Waals surface area contributed by atoms with Gasteiger partial charge in [-0.2, -0.15) is 0 Å². The molecule has 15 atom stereocenters. The molecule has 50 nitrogen and oxygen atoms in total. The van der Waals surface area contributed by atoms with Gasteiger partial charge in [0.1, 0.15) is 69.5 Å². The van der Waals surface area contributed by atoms with E-state index in [0.29, 0.717) is 19.3 Å². The number of hydrogen-bond acceptors (Lipinski definition) is 42. The highest BCUT2D eigenvalue weighted by Gasteiger charge is 2.55. The molecule has 0 spiro atoms. The number of carbonyl (C=O) groups is 17. The van der Waals surface area contributed by atoms with Gasteiger partial charge in [-0.05, 0) is 18.4 Å². The summed E-state index contributed by atoms with van der Waals surface area (Å²) in [6.07, 6.45) is -15.5. The maximum atomic E-state index is 14.0. The van der Waals surface area contributed by atoms with Crippen molar-refractivity contribution < 1.29 is 200 Å². The lowest BCUT2D eigenvalue weighted by Crippen LogP contribution is -2.66. The number of hydrogen-bond donors (Lipinski definition) is 8. The van der Waals surface area contributed by atoms with Crippen LogP contribution in [0.2, 0.25) is 0 Å². The average molecular weight is 1940 g/mol.